The van der Waals surface area contributed by atoms with Gasteiger partial charge in [-0.15, -0.1) is 0 Å². The Morgan fingerprint density at radius 1 is 1.00 bits per heavy atom. The van der Waals surface area contributed by atoms with E-state index >= 15 is 0 Å². The Labute approximate surface area is 117 Å². The van der Waals surface area contributed by atoms with Crippen LogP contribution in [0.15, 0.2) is 18.2 Å². The molecule has 1 aromatic carbocycles. The van der Waals surface area contributed by atoms with Crippen LogP contribution < -0.4 is 15.2 Å². The third-order valence-electron chi connectivity index (χ3n) is 3.22. The zero-order chi connectivity index (χ0) is 14.1. The minimum Gasteiger partial charge on any atom is -0.497 e. The average molecular weight is 272 g/mol. The van der Waals surface area contributed by atoms with E-state index in [1.807, 2.05) is 12.1 Å². The van der Waals surface area contributed by atoms with Gasteiger partial charge in [-0.25, -0.2) is 4.98 Å². The van der Waals surface area contributed by atoms with Crippen molar-refractivity contribution in [3.8, 4) is 22.9 Å². The van der Waals surface area contributed by atoms with Gasteiger partial charge in [-0.1, -0.05) is 0 Å². The van der Waals surface area contributed by atoms with Crippen molar-refractivity contribution >= 4 is 5.95 Å². The maximum absolute atomic E-state index is 5.78. The molecule has 1 aromatic heterocycles. The summed E-state index contributed by atoms with van der Waals surface area (Å²) in [7, 11) is 3.21. The van der Waals surface area contributed by atoms with Crippen LogP contribution in [0.2, 0.25) is 0 Å². The SMILES string of the molecule is COc1cc(OC)cc(-c2nc(N)nc(C3CC3)n2)c1. The highest BCUT2D eigenvalue weighted by atomic mass is 16.5. The third-order valence-corrected chi connectivity index (χ3v) is 3.22. The lowest BCUT2D eigenvalue weighted by Crippen LogP contribution is -2.04. The molecule has 0 saturated heterocycles. The fourth-order valence-electron chi connectivity index (χ4n) is 2.00. The van der Waals surface area contributed by atoms with Crippen molar-refractivity contribution in [2.45, 2.75) is 18.8 Å². The van der Waals surface area contributed by atoms with Crippen LogP contribution >= 0.6 is 0 Å². The summed E-state index contributed by atoms with van der Waals surface area (Å²) in [5, 5.41) is 0. The monoisotopic (exact) mass is 272 g/mol. The number of nitrogen functional groups attached to an aromatic ring is 1. The number of aromatic nitrogens is 3. The molecule has 1 aliphatic rings. The van der Waals surface area contributed by atoms with E-state index in [-0.39, 0.29) is 5.95 Å². The van der Waals surface area contributed by atoms with E-state index < -0.39 is 0 Å². The summed E-state index contributed by atoms with van der Waals surface area (Å²) in [6.45, 7) is 0. The van der Waals surface area contributed by atoms with Gasteiger partial charge < -0.3 is 15.2 Å². The van der Waals surface area contributed by atoms with Crippen LogP contribution in [0.3, 0.4) is 0 Å². The van der Waals surface area contributed by atoms with Gasteiger partial charge in [0.25, 0.3) is 0 Å². The topological polar surface area (TPSA) is 83.2 Å². The summed E-state index contributed by atoms with van der Waals surface area (Å²) in [6, 6.07) is 5.51. The third kappa shape index (κ3) is 2.49. The lowest BCUT2D eigenvalue weighted by molar-refractivity contribution is 0.394. The number of ether oxygens (including phenoxy) is 2. The van der Waals surface area contributed by atoms with E-state index in [0.29, 0.717) is 23.2 Å². The molecule has 0 atom stereocenters. The number of hydrogen-bond acceptors (Lipinski definition) is 6. The van der Waals surface area contributed by atoms with Gasteiger partial charge >= 0.3 is 0 Å². The van der Waals surface area contributed by atoms with Crippen LogP contribution in [-0.2, 0) is 0 Å². The summed E-state index contributed by atoms with van der Waals surface area (Å²) >= 11 is 0. The largest absolute Gasteiger partial charge is 0.497 e. The highest BCUT2D eigenvalue weighted by Gasteiger charge is 2.27. The molecule has 0 bridgehead atoms. The zero-order valence-electron chi connectivity index (χ0n) is 11.5. The standard InChI is InChI=1S/C14H16N4O2/c1-19-10-5-9(6-11(7-10)20-2)13-16-12(8-3-4-8)17-14(15)18-13/h5-8H,3-4H2,1-2H3,(H2,15,16,17,18). The Morgan fingerprint density at radius 2 is 1.65 bits per heavy atom. The van der Waals surface area contributed by atoms with E-state index in [2.05, 4.69) is 15.0 Å². The number of methoxy groups -OCH3 is 2. The van der Waals surface area contributed by atoms with Crippen molar-refractivity contribution < 1.29 is 9.47 Å². The maximum atomic E-state index is 5.78. The number of hydrogen-bond donors (Lipinski definition) is 1. The molecule has 3 rings (SSSR count). The van der Waals surface area contributed by atoms with Gasteiger partial charge in [0.05, 0.1) is 14.2 Å². The molecule has 1 fully saturated rings. The molecule has 2 aromatic rings. The van der Waals surface area contributed by atoms with Crippen molar-refractivity contribution in [3.63, 3.8) is 0 Å². The highest BCUT2D eigenvalue weighted by molar-refractivity contribution is 5.61. The van der Waals surface area contributed by atoms with E-state index in [0.717, 1.165) is 24.2 Å². The zero-order valence-corrected chi connectivity index (χ0v) is 11.5. The lowest BCUT2D eigenvalue weighted by Gasteiger charge is -2.08. The molecule has 0 unspecified atom stereocenters. The second kappa shape index (κ2) is 4.96. The fraction of sp³-hybridized carbons (Fsp3) is 0.357. The Morgan fingerprint density at radius 3 is 2.20 bits per heavy atom. The van der Waals surface area contributed by atoms with Gasteiger partial charge in [-0.2, -0.15) is 9.97 Å². The first-order valence-corrected chi connectivity index (χ1v) is 6.44. The first-order chi connectivity index (χ1) is 9.69. The molecule has 0 amide bonds. The molecular weight excluding hydrogens is 256 g/mol. The molecule has 0 spiro atoms. The minimum absolute atomic E-state index is 0.249. The summed E-state index contributed by atoms with van der Waals surface area (Å²) in [5.74, 6) is 3.37. The Kier molecular flexibility index (Phi) is 3.14. The summed E-state index contributed by atoms with van der Waals surface area (Å²) in [5.41, 5.74) is 6.58. The molecule has 6 nitrogen and oxygen atoms in total. The van der Waals surface area contributed by atoms with Crippen LogP contribution in [0.1, 0.15) is 24.6 Å². The molecule has 104 valence electrons. The van der Waals surface area contributed by atoms with Gasteiger partial charge in [-0.3, -0.25) is 0 Å². The smallest absolute Gasteiger partial charge is 0.223 e. The lowest BCUT2D eigenvalue weighted by atomic mass is 10.2. The molecule has 6 heteroatoms. The summed E-state index contributed by atoms with van der Waals surface area (Å²) in [6.07, 6.45) is 2.23. The van der Waals surface area contributed by atoms with Crippen molar-refractivity contribution in [1.29, 1.82) is 0 Å². The second-order valence-corrected chi connectivity index (χ2v) is 4.75. The number of rotatable bonds is 4. The van der Waals surface area contributed by atoms with Gasteiger partial charge in [0.2, 0.25) is 5.95 Å². The second-order valence-electron chi connectivity index (χ2n) is 4.75. The predicted octanol–water partition coefficient (Wildman–Crippen LogP) is 2.02. The Hall–Kier alpha value is -2.37. The van der Waals surface area contributed by atoms with Crippen molar-refractivity contribution in [1.82, 2.24) is 15.0 Å². The Bertz CT molecular complexity index is 619. The van der Waals surface area contributed by atoms with Gasteiger partial charge in [0.1, 0.15) is 17.3 Å². The Balaban J connectivity index is 2.07. The highest BCUT2D eigenvalue weighted by Crippen LogP contribution is 2.39. The van der Waals surface area contributed by atoms with Crippen LogP contribution in [-0.4, -0.2) is 29.2 Å². The minimum atomic E-state index is 0.249. The number of nitrogens with two attached hydrogens (primary N) is 1. The number of benzene rings is 1. The van der Waals surface area contributed by atoms with Crippen molar-refractivity contribution in [2.24, 2.45) is 0 Å². The normalized spacial score (nSPS) is 14.1. The quantitative estimate of drug-likeness (QED) is 0.916. The molecule has 1 saturated carbocycles. The van der Waals surface area contributed by atoms with E-state index in [9.17, 15) is 0 Å². The number of nitrogens with zero attached hydrogens (tertiary/aromatic N) is 3. The van der Waals surface area contributed by atoms with Gasteiger partial charge in [-0.05, 0) is 25.0 Å². The molecule has 1 aliphatic carbocycles. The predicted molar refractivity (Wildman–Crippen MR) is 74.8 cm³/mol. The summed E-state index contributed by atoms with van der Waals surface area (Å²) < 4.78 is 10.5. The molecule has 2 N–H and O–H groups in total. The summed E-state index contributed by atoms with van der Waals surface area (Å²) in [4.78, 5) is 12.9. The van der Waals surface area contributed by atoms with Crippen LogP contribution in [0, 0.1) is 0 Å². The van der Waals surface area contributed by atoms with Crippen molar-refractivity contribution in [2.75, 3.05) is 20.0 Å². The first kappa shape index (κ1) is 12.7. The molecule has 1 heterocycles. The molecule has 0 radical (unpaired) electrons. The van der Waals surface area contributed by atoms with E-state index in [4.69, 9.17) is 15.2 Å². The number of anilines is 1. The van der Waals surface area contributed by atoms with Crippen molar-refractivity contribution in [3.05, 3.63) is 24.0 Å². The molecular formula is C14H16N4O2. The van der Waals surface area contributed by atoms with Crippen LogP contribution in [0.25, 0.3) is 11.4 Å². The molecule has 0 aliphatic heterocycles. The first-order valence-electron chi connectivity index (χ1n) is 6.44. The van der Waals surface area contributed by atoms with Crippen LogP contribution in [0.5, 0.6) is 11.5 Å². The fourth-order valence-corrected chi connectivity index (χ4v) is 2.00. The van der Waals surface area contributed by atoms with Gasteiger partial charge in [0, 0.05) is 17.5 Å². The van der Waals surface area contributed by atoms with E-state index in [1.54, 1.807) is 20.3 Å². The maximum Gasteiger partial charge on any atom is 0.223 e. The van der Waals surface area contributed by atoms with Gasteiger partial charge in [0.15, 0.2) is 5.82 Å². The molecule has 20 heavy (non-hydrogen) atoms. The van der Waals surface area contributed by atoms with Crippen LogP contribution in [0.4, 0.5) is 5.95 Å². The van der Waals surface area contributed by atoms with E-state index in [1.165, 1.54) is 0 Å². The average Bonchev–Trinajstić information content (AvgIpc) is 3.30.